The maximum absolute atomic E-state index is 12.5. The number of nitrogens with zero attached hydrogens (tertiary/aromatic N) is 1. The minimum atomic E-state index is -0.0178. The van der Waals surface area contributed by atoms with Crippen LogP contribution < -0.4 is 10.2 Å². The number of nitrogens with one attached hydrogen (secondary N) is 1. The lowest BCUT2D eigenvalue weighted by molar-refractivity contribution is -0.121. The van der Waals surface area contributed by atoms with Crippen LogP contribution in [0.1, 0.15) is 37.8 Å². The lowest BCUT2D eigenvalue weighted by atomic mass is 10.0. The van der Waals surface area contributed by atoms with Crippen molar-refractivity contribution in [3.63, 3.8) is 0 Å². The van der Waals surface area contributed by atoms with Crippen molar-refractivity contribution in [2.75, 3.05) is 17.2 Å². The molecule has 1 atom stereocenters. The highest BCUT2D eigenvalue weighted by atomic mass is 32.2. The molecule has 3 rings (SSSR count). The summed E-state index contributed by atoms with van der Waals surface area (Å²) in [4.78, 5) is 27.6. The van der Waals surface area contributed by atoms with E-state index >= 15 is 0 Å². The number of hydrogen-bond acceptors (Lipinski definition) is 3. The van der Waals surface area contributed by atoms with Gasteiger partial charge in [0.15, 0.2) is 0 Å². The van der Waals surface area contributed by atoms with Gasteiger partial charge in [-0.05, 0) is 24.1 Å². The van der Waals surface area contributed by atoms with Crippen LogP contribution in [0.15, 0.2) is 59.5 Å². The molecule has 1 aliphatic heterocycles. The van der Waals surface area contributed by atoms with Gasteiger partial charge in [-0.2, -0.15) is 0 Å². The third-order valence-electron chi connectivity index (χ3n) is 4.49. The van der Waals surface area contributed by atoms with Crippen LogP contribution in [0.4, 0.5) is 5.69 Å². The Hall–Kier alpha value is -2.27. The second-order valence-electron chi connectivity index (χ2n) is 6.37. The first-order valence-corrected chi connectivity index (χ1v) is 10.0. The average molecular weight is 369 g/mol. The first-order valence-electron chi connectivity index (χ1n) is 9.05. The van der Waals surface area contributed by atoms with Crippen LogP contribution in [-0.4, -0.2) is 24.1 Å². The quantitative estimate of drug-likeness (QED) is 0.798. The molecule has 1 heterocycles. The van der Waals surface area contributed by atoms with Gasteiger partial charge in [0.2, 0.25) is 11.8 Å². The third-order valence-corrected chi connectivity index (χ3v) is 5.53. The number of carbonyl (C=O) groups is 2. The maximum atomic E-state index is 12.5. The number of anilines is 1. The Labute approximate surface area is 159 Å². The second-order valence-corrected chi connectivity index (χ2v) is 7.39. The Bertz CT molecular complexity index is 764. The van der Waals surface area contributed by atoms with Crippen molar-refractivity contribution in [3.05, 3.63) is 60.2 Å². The Morgan fingerprint density at radius 1 is 1.15 bits per heavy atom. The van der Waals surface area contributed by atoms with Crippen LogP contribution in [0.5, 0.6) is 0 Å². The van der Waals surface area contributed by atoms with Crippen molar-refractivity contribution in [2.45, 2.75) is 37.1 Å². The van der Waals surface area contributed by atoms with Gasteiger partial charge < -0.3 is 10.2 Å². The van der Waals surface area contributed by atoms with Gasteiger partial charge >= 0.3 is 0 Å². The largest absolute Gasteiger partial charge is 0.349 e. The summed E-state index contributed by atoms with van der Waals surface area (Å²) < 4.78 is 0. The second kappa shape index (κ2) is 8.90. The molecule has 4 nitrogen and oxygen atoms in total. The number of rotatable bonds is 7. The van der Waals surface area contributed by atoms with E-state index in [1.54, 1.807) is 16.7 Å². The normalized spacial score (nSPS) is 14.7. The summed E-state index contributed by atoms with van der Waals surface area (Å²) in [5.74, 6) is 0.478. The van der Waals surface area contributed by atoms with Gasteiger partial charge in [-0.3, -0.25) is 9.59 Å². The smallest absolute Gasteiger partial charge is 0.237 e. The van der Waals surface area contributed by atoms with E-state index in [4.69, 9.17) is 0 Å². The molecule has 0 saturated heterocycles. The minimum absolute atomic E-state index is 0.0178. The predicted molar refractivity (Wildman–Crippen MR) is 106 cm³/mol. The molecule has 26 heavy (non-hydrogen) atoms. The molecule has 1 N–H and O–H groups in total. The van der Waals surface area contributed by atoms with Crippen LogP contribution in [0.25, 0.3) is 0 Å². The monoisotopic (exact) mass is 368 g/mol. The summed E-state index contributed by atoms with van der Waals surface area (Å²) in [5.41, 5.74) is 2.04. The van der Waals surface area contributed by atoms with Crippen molar-refractivity contribution in [1.82, 2.24) is 5.32 Å². The van der Waals surface area contributed by atoms with Crippen LogP contribution in [0, 0.1) is 0 Å². The Morgan fingerprint density at radius 2 is 1.88 bits per heavy atom. The summed E-state index contributed by atoms with van der Waals surface area (Å²) in [6, 6.07) is 17.9. The zero-order valence-electron chi connectivity index (χ0n) is 15.0. The Kier molecular flexibility index (Phi) is 6.34. The molecule has 5 heteroatoms. The summed E-state index contributed by atoms with van der Waals surface area (Å²) in [5, 5.41) is 3.13. The summed E-state index contributed by atoms with van der Waals surface area (Å²) in [6.07, 6.45) is 2.20. The third kappa shape index (κ3) is 4.47. The van der Waals surface area contributed by atoms with Gasteiger partial charge in [-0.15, -0.1) is 11.8 Å². The predicted octanol–water partition coefficient (Wildman–Crippen LogP) is 4.17. The number of para-hydroxylation sites is 1. The van der Waals surface area contributed by atoms with Crippen LogP contribution in [0.2, 0.25) is 0 Å². The lowest BCUT2D eigenvalue weighted by Gasteiger charge is -2.29. The van der Waals surface area contributed by atoms with Crippen molar-refractivity contribution < 1.29 is 9.59 Å². The van der Waals surface area contributed by atoms with Crippen molar-refractivity contribution >= 4 is 29.3 Å². The highest BCUT2D eigenvalue weighted by Gasteiger charge is 2.25. The topological polar surface area (TPSA) is 49.4 Å². The van der Waals surface area contributed by atoms with E-state index in [2.05, 4.69) is 12.2 Å². The number of benzene rings is 2. The van der Waals surface area contributed by atoms with Gasteiger partial charge in [0.25, 0.3) is 0 Å². The molecule has 0 saturated carbocycles. The van der Waals surface area contributed by atoms with Gasteiger partial charge in [-0.25, -0.2) is 0 Å². The Balaban J connectivity index is 1.62. The number of amides is 2. The van der Waals surface area contributed by atoms with E-state index in [0.717, 1.165) is 29.0 Å². The Morgan fingerprint density at radius 3 is 2.65 bits per heavy atom. The van der Waals surface area contributed by atoms with E-state index in [9.17, 15) is 9.59 Å². The van der Waals surface area contributed by atoms with E-state index in [0.29, 0.717) is 18.7 Å². The molecule has 2 amide bonds. The fourth-order valence-corrected chi connectivity index (χ4v) is 4.11. The van der Waals surface area contributed by atoms with Crippen LogP contribution >= 0.6 is 11.8 Å². The fraction of sp³-hybridized carbons (Fsp3) is 0.333. The molecule has 0 spiro atoms. The zero-order chi connectivity index (χ0) is 18.4. The van der Waals surface area contributed by atoms with E-state index in [1.165, 1.54) is 0 Å². The number of fused-ring (bicyclic) bond motifs is 1. The number of hydrogen-bond donors (Lipinski definition) is 1. The van der Waals surface area contributed by atoms with Crippen molar-refractivity contribution in [3.8, 4) is 0 Å². The van der Waals surface area contributed by atoms with Gasteiger partial charge in [0, 0.05) is 17.9 Å². The van der Waals surface area contributed by atoms with E-state index < -0.39 is 0 Å². The molecule has 1 aliphatic rings. The highest BCUT2D eigenvalue weighted by Crippen LogP contribution is 2.34. The molecule has 0 radical (unpaired) electrons. The van der Waals surface area contributed by atoms with Gasteiger partial charge in [-0.1, -0.05) is 55.8 Å². The van der Waals surface area contributed by atoms with Crippen LogP contribution in [0.3, 0.4) is 0 Å². The van der Waals surface area contributed by atoms with Crippen molar-refractivity contribution in [1.29, 1.82) is 0 Å². The summed E-state index contributed by atoms with van der Waals surface area (Å²) in [7, 11) is 0. The molecular weight excluding hydrogens is 344 g/mol. The fourth-order valence-electron chi connectivity index (χ4n) is 3.18. The van der Waals surface area contributed by atoms with E-state index in [1.807, 2.05) is 54.6 Å². The summed E-state index contributed by atoms with van der Waals surface area (Å²) >= 11 is 1.56. The minimum Gasteiger partial charge on any atom is -0.349 e. The number of thioether (sulfide) groups is 1. The molecule has 0 fully saturated rings. The molecule has 1 unspecified atom stereocenters. The first kappa shape index (κ1) is 18.5. The highest BCUT2D eigenvalue weighted by molar-refractivity contribution is 8.00. The van der Waals surface area contributed by atoms with Gasteiger partial charge in [0.05, 0.1) is 17.5 Å². The number of carbonyl (C=O) groups excluding carboxylic acids is 2. The SMILES string of the molecule is CCCC(NC(=O)CCN1C(=O)CSc2ccccc21)c1ccccc1. The molecular formula is C21H24N2O2S. The lowest BCUT2D eigenvalue weighted by Crippen LogP contribution is -2.39. The molecule has 2 aromatic rings. The summed E-state index contributed by atoms with van der Waals surface area (Å²) in [6.45, 7) is 2.53. The maximum Gasteiger partial charge on any atom is 0.237 e. The molecule has 2 aromatic carbocycles. The van der Waals surface area contributed by atoms with E-state index in [-0.39, 0.29) is 17.9 Å². The zero-order valence-corrected chi connectivity index (χ0v) is 15.8. The average Bonchev–Trinajstić information content (AvgIpc) is 2.67. The molecule has 0 bridgehead atoms. The first-order chi connectivity index (χ1) is 12.7. The molecule has 136 valence electrons. The molecule has 0 aromatic heterocycles. The van der Waals surface area contributed by atoms with Crippen molar-refractivity contribution in [2.24, 2.45) is 0 Å². The molecule has 0 aliphatic carbocycles. The standard InChI is InChI=1S/C21H24N2O2S/c1-2-8-17(16-9-4-3-5-10-16)22-20(24)13-14-23-18-11-6-7-12-19(18)26-15-21(23)25/h3-7,9-12,17H,2,8,13-15H2,1H3,(H,22,24). The van der Waals surface area contributed by atoms with Crippen LogP contribution in [-0.2, 0) is 9.59 Å². The van der Waals surface area contributed by atoms with Gasteiger partial charge in [0.1, 0.15) is 0 Å².